The third-order valence-electron chi connectivity index (χ3n) is 0.512. The van der Waals surface area contributed by atoms with Gasteiger partial charge >= 0.3 is 0 Å². The van der Waals surface area contributed by atoms with Crippen LogP contribution in [0.2, 0.25) is 0 Å². The normalized spacial score (nSPS) is 4.67. The third-order valence-corrected chi connectivity index (χ3v) is 0.512. The first kappa shape index (κ1) is 30.2. The van der Waals surface area contributed by atoms with Crippen LogP contribution in [0.5, 0.6) is 0 Å². The van der Waals surface area contributed by atoms with Gasteiger partial charge < -0.3 is 5.11 Å². The summed E-state index contributed by atoms with van der Waals surface area (Å²) < 4.78 is 0. The quantitative estimate of drug-likeness (QED) is 0.745. The Kier molecular flexibility index (Phi) is 107. The minimum absolute atomic E-state index is 0. The second-order valence-electron chi connectivity index (χ2n) is 1.08. The number of halogens is 3. The van der Waals surface area contributed by atoms with E-state index in [0.717, 1.165) is 12.8 Å². The zero-order valence-electron chi connectivity index (χ0n) is 5.29. The average Bonchev–Trinajstić information content (AvgIpc) is 1.41. The molecule has 0 aromatic carbocycles. The Balaban J connectivity index is -0.0000000133. The Hall–Kier alpha value is 2.28. The van der Waals surface area contributed by atoms with Gasteiger partial charge in [0, 0.05) is 32.8 Å². The van der Waals surface area contributed by atoms with Gasteiger partial charge in [-0.15, -0.1) is 50.9 Å². The molecule has 0 aromatic rings. The molecule has 1 nitrogen and oxygen atoms in total. The van der Waals surface area contributed by atoms with E-state index in [-0.39, 0.29) is 77.1 Å². The molecule has 0 atom stereocenters. The molecule has 0 spiro atoms. The molecule has 0 aliphatic rings. The molecule has 0 saturated heterocycles. The first-order valence-corrected chi connectivity index (χ1v) is 2.02. The summed E-state index contributed by atoms with van der Waals surface area (Å²) in [5, 5.41) is 8.07. The van der Waals surface area contributed by atoms with Crippen molar-refractivity contribution in [2.24, 2.45) is 0 Å². The Labute approximate surface area is 107 Å². The molecule has 0 aliphatic heterocycles. The fourth-order valence-corrected chi connectivity index (χ4v) is 0.158. The van der Waals surface area contributed by atoms with Gasteiger partial charge in [-0.25, -0.2) is 0 Å². The van der Waals surface area contributed by atoms with Crippen LogP contribution in [-0.2, 0) is 26.2 Å². The average molecular weight is 408 g/mol. The molecule has 0 saturated carbocycles. The molecule has 0 rings (SSSR count). The number of unbranched alkanes of at least 4 members (excludes halogenated alkanes) is 1. The molecule has 0 amide bonds. The summed E-state index contributed by atoms with van der Waals surface area (Å²) in [4.78, 5) is 0. The molecule has 0 radical (unpaired) electrons. The third kappa shape index (κ3) is 38.5. The zero-order chi connectivity index (χ0) is 4.12. The summed E-state index contributed by atoms with van der Waals surface area (Å²) in [6, 6.07) is 0. The van der Waals surface area contributed by atoms with Crippen LogP contribution in [0.1, 0.15) is 19.8 Å². The predicted molar refractivity (Wildman–Crippen MR) is 53.0 cm³/mol. The maximum absolute atomic E-state index is 8.07. The number of hydrogen-bond donors (Lipinski definition) is 1. The van der Waals surface area contributed by atoms with E-state index in [1.165, 1.54) is 0 Å². The monoisotopic (exact) mass is 404 g/mol. The van der Waals surface area contributed by atoms with E-state index in [1.807, 2.05) is 0 Å². The van der Waals surface area contributed by atoms with Crippen molar-refractivity contribution in [2.75, 3.05) is 6.61 Å². The molecule has 0 aliphatic carbocycles. The van der Waals surface area contributed by atoms with Crippen molar-refractivity contribution in [3.8, 4) is 0 Å². The predicted octanol–water partition coefficient (Wildman–Crippen LogP) is 2.51. The molecule has 60 valence electrons. The molecular weight excluding hydrogens is 395 g/mol. The SMILES string of the molecule is Br.Br.Br.CCCCO.[Zr]. The van der Waals surface area contributed by atoms with Crippen LogP contribution in [-0.4, -0.2) is 11.7 Å². The Morgan fingerprint density at radius 3 is 1.44 bits per heavy atom. The smallest absolute Gasteiger partial charge is 0.0430 e. The fourth-order valence-electron chi connectivity index (χ4n) is 0.158. The van der Waals surface area contributed by atoms with Gasteiger partial charge in [-0.05, 0) is 6.42 Å². The number of aliphatic hydroxyl groups is 1. The van der Waals surface area contributed by atoms with Crippen molar-refractivity contribution in [3.05, 3.63) is 0 Å². The van der Waals surface area contributed by atoms with Crippen LogP contribution in [0.25, 0.3) is 0 Å². The Morgan fingerprint density at radius 2 is 1.44 bits per heavy atom. The molecule has 5 heteroatoms. The van der Waals surface area contributed by atoms with Gasteiger partial charge in [0.1, 0.15) is 0 Å². The van der Waals surface area contributed by atoms with Gasteiger partial charge in [0.2, 0.25) is 0 Å². The molecule has 0 heterocycles. The van der Waals surface area contributed by atoms with Crippen LogP contribution in [0.3, 0.4) is 0 Å². The Bertz CT molecular complexity index is 23.3. The second kappa shape index (κ2) is 31.7. The van der Waals surface area contributed by atoms with Crippen molar-refractivity contribution < 1.29 is 31.3 Å². The zero-order valence-corrected chi connectivity index (χ0v) is 12.9. The van der Waals surface area contributed by atoms with Crippen molar-refractivity contribution in [3.63, 3.8) is 0 Å². The van der Waals surface area contributed by atoms with E-state index in [2.05, 4.69) is 6.92 Å². The van der Waals surface area contributed by atoms with Crippen LogP contribution in [0.15, 0.2) is 0 Å². The van der Waals surface area contributed by atoms with Crippen molar-refractivity contribution >= 4 is 50.9 Å². The van der Waals surface area contributed by atoms with Crippen LogP contribution >= 0.6 is 50.9 Å². The Morgan fingerprint density at radius 1 is 1.11 bits per heavy atom. The molecule has 0 fully saturated rings. The summed E-state index contributed by atoms with van der Waals surface area (Å²) in [6.07, 6.45) is 2.04. The molecule has 0 aromatic heterocycles. The van der Waals surface area contributed by atoms with Crippen LogP contribution in [0.4, 0.5) is 0 Å². The van der Waals surface area contributed by atoms with Gasteiger partial charge in [0.25, 0.3) is 0 Å². The molecule has 0 unspecified atom stereocenters. The summed E-state index contributed by atoms with van der Waals surface area (Å²) in [6.45, 7) is 2.40. The van der Waals surface area contributed by atoms with Gasteiger partial charge in [-0.1, -0.05) is 13.3 Å². The second-order valence-corrected chi connectivity index (χ2v) is 1.08. The minimum Gasteiger partial charge on any atom is -0.396 e. The van der Waals surface area contributed by atoms with Crippen LogP contribution in [0, 0.1) is 0 Å². The largest absolute Gasteiger partial charge is 0.396 e. The maximum atomic E-state index is 8.07. The molecular formula is C4H13Br3OZr. The van der Waals surface area contributed by atoms with E-state index >= 15 is 0 Å². The molecule has 9 heavy (non-hydrogen) atoms. The van der Waals surface area contributed by atoms with Crippen LogP contribution < -0.4 is 0 Å². The van der Waals surface area contributed by atoms with Gasteiger partial charge in [0.05, 0.1) is 0 Å². The standard InChI is InChI=1S/C4H10O.3BrH.Zr/c1-2-3-4-5;;;;/h5H,2-4H2,1H3;3*1H;. The summed E-state index contributed by atoms with van der Waals surface area (Å²) >= 11 is 0. The van der Waals surface area contributed by atoms with Crippen molar-refractivity contribution in [2.45, 2.75) is 19.8 Å². The number of rotatable bonds is 2. The number of aliphatic hydroxyl groups excluding tert-OH is 1. The van der Waals surface area contributed by atoms with E-state index in [4.69, 9.17) is 5.11 Å². The van der Waals surface area contributed by atoms with E-state index in [1.54, 1.807) is 0 Å². The summed E-state index contributed by atoms with van der Waals surface area (Å²) in [7, 11) is 0. The van der Waals surface area contributed by atoms with E-state index in [0.29, 0.717) is 6.61 Å². The first-order chi connectivity index (χ1) is 2.41. The summed E-state index contributed by atoms with van der Waals surface area (Å²) in [5.41, 5.74) is 0. The maximum Gasteiger partial charge on any atom is 0.0430 e. The summed E-state index contributed by atoms with van der Waals surface area (Å²) in [5.74, 6) is 0. The minimum atomic E-state index is 0. The topological polar surface area (TPSA) is 20.2 Å². The van der Waals surface area contributed by atoms with Gasteiger partial charge in [0.15, 0.2) is 0 Å². The first-order valence-electron chi connectivity index (χ1n) is 2.02. The van der Waals surface area contributed by atoms with Crippen molar-refractivity contribution in [1.82, 2.24) is 0 Å². The van der Waals surface area contributed by atoms with Crippen molar-refractivity contribution in [1.29, 1.82) is 0 Å². The van der Waals surface area contributed by atoms with E-state index in [9.17, 15) is 0 Å². The van der Waals surface area contributed by atoms with Gasteiger partial charge in [-0.2, -0.15) is 0 Å². The fraction of sp³-hybridized carbons (Fsp3) is 1.00. The molecule has 0 bridgehead atoms. The number of hydrogen-bond acceptors (Lipinski definition) is 1. The molecule has 1 N–H and O–H groups in total. The van der Waals surface area contributed by atoms with E-state index < -0.39 is 0 Å². The van der Waals surface area contributed by atoms with Gasteiger partial charge in [-0.3, -0.25) is 0 Å².